The molecule has 4 N–H and O–H groups in total. The molecule has 1 aliphatic rings. The lowest BCUT2D eigenvalue weighted by Gasteiger charge is -2.33. The van der Waals surface area contributed by atoms with E-state index >= 15 is 0 Å². The molecule has 4 rings (SSSR count). The van der Waals surface area contributed by atoms with E-state index in [9.17, 15) is 37.1 Å². The number of nitrogens with one attached hydrogen (secondary N) is 2. The van der Waals surface area contributed by atoms with Gasteiger partial charge in [0, 0.05) is 13.2 Å². The minimum absolute atomic E-state index is 0.0406. The van der Waals surface area contributed by atoms with Gasteiger partial charge in [-0.15, -0.1) is 0 Å². The number of hydrogen-bond donors (Lipinski definition) is 4. The molecule has 0 saturated heterocycles. The Morgan fingerprint density at radius 2 is 1.71 bits per heavy atom. The smallest absolute Gasteiger partial charge is 0.421 e. The molecule has 0 saturated carbocycles. The van der Waals surface area contributed by atoms with Crippen LogP contribution in [0.25, 0.3) is 0 Å². The number of alkyl halides is 3. The van der Waals surface area contributed by atoms with Gasteiger partial charge in [-0.05, 0) is 42.7 Å². The lowest BCUT2D eigenvalue weighted by Crippen LogP contribution is -2.24. The number of aromatic nitrogens is 2. The van der Waals surface area contributed by atoms with E-state index in [4.69, 9.17) is 4.74 Å². The number of amides is 2. The monoisotopic (exact) mass is 593 g/mol. The lowest BCUT2D eigenvalue weighted by molar-refractivity contribution is -0.137. The fourth-order valence-electron chi connectivity index (χ4n) is 4.82. The van der Waals surface area contributed by atoms with Crippen LogP contribution in [0.3, 0.4) is 0 Å². The summed E-state index contributed by atoms with van der Waals surface area (Å²) in [5.74, 6) is -2.06. The van der Waals surface area contributed by atoms with Crippen molar-refractivity contribution in [3.8, 4) is 5.75 Å². The maximum absolute atomic E-state index is 13.9. The van der Waals surface area contributed by atoms with Crippen LogP contribution in [0.1, 0.15) is 58.5 Å². The highest BCUT2D eigenvalue weighted by molar-refractivity contribution is 7.53. The average Bonchev–Trinajstić information content (AvgIpc) is 3.13. The molecule has 1 aromatic heterocycles. The van der Waals surface area contributed by atoms with Gasteiger partial charge in [-0.25, -0.2) is 4.98 Å². The highest BCUT2D eigenvalue weighted by Gasteiger charge is 2.45. The number of hydrogen-bond acceptors (Lipinski definition) is 8. The Labute approximate surface area is 232 Å². The molecule has 11 nitrogen and oxygen atoms in total. The minimum Gasteiger partial charge on any atom is -0.495 e. The molecule has 0 aliphatic carbocycles. The number of benzene rings is 2. The summed E-state index contributed by atoms with van der Waals surface area (Å²) < 4.78 is 59.4. The zero-order chi connectivity index (χ0) is 30.3. The number of rotatable bonds is 9. The highest BCUT2D eigenvalue weighted by atomic mass is 31.2. The Morgan fingerprint density at radius 3 is 2.29 bits per heavy atom. The second kappa shape index (κ2) is 10.8. The zero-order valence-electron chi connectivity index (χ0n) is 22.4. The number of ether oxygens (including phenoxy) is 1. The number of carbonyl (C=O) groups is 2. The van der Waals surface area contributed by atoms with E-state index in [1.165, 1.54) is 50.6 Å². The molecule has 0 fully saturated rings. The van der Waals surface area contributed by atoms with Crippen LogP contribution >= 0.6 is 7.60 Å². The van der Waals surface area contributed by atoms with Gasteiger partial charge in [0.15, 0.2) is 0 Å². The van der Waals surface area contributed by atoms with Crippen molar-refractivity contribution in [3.63, 3.8) is 0 Å². The number of methoxy groups -OCH3 is 1. The normalized spacial score (nSPS) is 13.8. The fourth-order valence-corrected chi connectivity index (χ4v) is 6.12. The van der Waals surface area contributed by atoms with Crippen molar-refractivity contribution >= 4 is 42.6 Å². The van der Waals surface area contributed by atoms with Crippen LogP contribution in [0.15, 0.2) is 42.6 Å². The standard InChI is InChI=1S/C26H27F3N5O6P/c1-5-25(6-2,41(37,38)39)14-10-11-17(19(12-14)40-4)32-24-30-13-16(26(27,28)29)21(33-24)31-18-9-7-8-15-20(18)23(36)34(3)22(15)35/h7-13H,5-6H2,1-4H3,(H2,37,38,39)(H2,30,31,32,33). The third-order valence-corrected chi connectivity index (χ3v) is 9.18. The fraction of sp³-hybridized carbons (Fsp3) is 0.308. The van der Waals surface area contributed by atoms with Gasteiger partial charge in [0.25, 0.3) is 11.8 Å². The third-order valence-electron chi connectivity index (χ3n) is 7.18. The van der Waals surface area contributed by atoms with Crippen LogP contribution in [0.2, 0.25) is 0 Å². The van der Waals surface area contributed by atoms with E-state index in [0.717, 1.165) is 4.90 Å². The SMILES string of the molecule is CCC(CC)(c1ccc(Nc2ncc(C(F)(F)F)c(Nc3cccc4c3C(=O)N(C)C4=O)n2)c(OC)c1)P(=O)(O)O. The number of fused-ring (bicyclic) bond motifs is 1. The molecule has 0 unspecified atom stereocenters. The average molecular weight is 593 g/mol. The maximum Gasteiger partial charge on any atom is 0.421 e. The maximum atomic E-state index is 13.9. The van der Waals surface area contributed by atoms with Crippen LogP contribution in [0.4, 0.5) is 36.3 Å². The minimum atomic E-state index is -4.86. The summed E-state index contributed by atoms with van der Waals surface area (Å²) in [6, 6.07) is 8.58. The first kappa shape index (κ1) is 30.0. The number of nitrogens with zero attached hydrogens (tertiary/aromatic N) is 3. The van der Waals surface area contributed by atoms with E-state index in [-0.39, 0.29) is 47.0 Å². The van der Waals surface area contributed by atoms with Gasteiger partial charge in [-0.2, -0.15) is 18.2 Å². The van der Waals surface area contributed by atoms with Crippen molar-refractivity contribution in [1.29, 1.82) is 0 Å². The molecule has 2 amide bonds. The van der Waals surface area contributed by atoms with Gasteiger partial charge in [0.05, 0.1) is 34.8 Å². The summed E-state index contributed by atoms with van der Waals surface area (Å²) in [5, 5.41) is 3.86. The molecule has 0 radical (unpaired) electrons. The molecular weight excluding hydrogens is 566 g/mol. The molecular formula is C26H27F3N5O6P. The van der Waals surface area contributed by atoms with Crippen molar-refractivity contribution in [1.82, 2.24) is 14.9 Å². The molecule has 15 heteroatoms. The summed E-state index contributed by atoms with van der Waals surface area (Å²) in [6.07, 6.45) is -4.00. The van der Waals surface area contributed by atoms with Gasteiger partial charge >= 0.3 is 13.8 Å². The quantitative estimate of drug-likeness (QED) is 0.187. The Kier molecular flexibility index (Phi) is 7.87. The predicted molar refractivity (Wildman–Crippen MR) is 144 cm³/mol. The van der Waals surface area contributed by atoms with Crippen molar-refractivity contribution in [3.05, 3.63) is 64.8 Å². The van der Waals surface area contributed by atoms with E-state index < -0.39 is 42.1 Å². The molecule has 0 spiro atoms. The van der Waals surface area contributed by atoms with Gasteiger partial charge in [-0.1, -0.05) is 26.0 Å². The summed E-state index contributed by atoms with van der Waals surface area (Å²) in [6.45, 7) is 3.32. The molecule has 0 atom stereocenters. The number of carbonyl (C=O) groups excluding carboxylic acids is 2. The second-order valence-electron chi connectivity index (χ2n) is 9.30. The van der Waals surface area contributed by atoms with Crippen LogP contribution in [-0.4, -0.2) is 50.6 Å². The van der Waals surface area contributed by atoms with E-state index in [1.54, 1.807) is 13.8 Å². The molecule has 1 aliphatic heterocycles. The Hall–Kier alpha value is -4.00. The molecule has 218 valence electrons. The van der Waals surface area contributed by atoms with E-state index in [1.807, 2.05) is 0 Å². The summed E-state index contributed by atoms with van der Waals surface area (Å²) in [4.78, 5) is 53.8. The van der Waals surface area contributed by atoms with E-state index in [2.05, 4.69) is 20.6 Å². The van der Waals surface area contributed by atoms with Gasteiger partial charge in [0.1, 0.15) is 17.1 Å². The first-order valence-electron chi connectivity index (χ1n) is 12.4. The van der Waals surface area contributed by atoms with Crippen molar-refractivity contribution in [2.45, 2.75) is 38.0 Å². The molecule has 0 bridgehead atoms. The third kappa shape index (κ3) is 5.25. The van der Waals surface area contributed by atoms with Crippen LogP contribution in [0.5, 0.6) is 5.75 Å². The number of halogens is 3. The topological polar surface area (TPSA) is 154 Å². The first-order chi connectivity index (χ1) is 19.2. The van der Waals surface area contributed by atoms with Crippen LogP contribution in [0, 0.1) is 0 Å². The first-order valence-corrected chi connectivity index (χ1v) is 14.0. The summed E-state index contributed by atoms with van der Waals surface area (Å²) >= 11 is 0. The highest BCUT2D eigenvalue weighted by Crippen LogP contribution is 2.61. The van der Waals surface area contributed by atoms with Crippen LogP contribution < -0.4 is 15.4 Å². The van der Waals surface area contributed by atoms with Crippen molar-refractivity contribution in [2.24, 2.45) is 0 Å². The molecule has 3 aromatic rings. The lowest BCUT2D eigenvalue weighted by atomic mass is 9.92. The van der Waals surface area contributed by atoms with E-state index in [0.29, 0.717) is 11.8 Å². The Bertz CT molecular complexity index is 1570. The van der Waals surface area contributed by atoms with Crippen molar-refractivity contribution < 1.29 is 41.8 Å². The number of anilines is 4. The zero-order valence-corrected chi connectivity index (χ0v) is 23.3. The van der Waals surface area contributed by atoms with Gasteiger partial charge in [-0.3, -0.25) is 19.1 Å². The molecule has 2 aromatic carbocycles. The van der Waals surface area contributed by atoms with Crippen molar-refractivity contribution in [2.75, 3.05) is 24.8 Å². The summed E-state index contributed by atoms with van der Waals surface area (Å²) in [5.41, 5.74) is -0.758. The predicted octanol–water partition coefficient (Wildman–Crippen LogP) is 5.41. The van der Waals surface area contributed by atoms with Gasteiger partial charge < -0.3 is 25.2 Å². The Morgan fingerprint density at radius 1 is 1.02 bits per heavy atom. The van der Waals surface area contributed by atoms with Crippen LogP contribution in [-0.2, 0) is 15.9 Å². The molecule has 2 heterocycles. The molecule has 41 heavy (non-hydrogen) atoms. The summed E-state index contributed by atoms with van der Waals surface area (Å²) in [7, 11) is -1.99. The van der Waals surface area contributed by atoms with Gasteiger partial charge in [0.2, 0.25) is 5.95 Å². The Balaban J connectivity index is 1.75. The second-order valence-corrected chi connectivity index (χ2v) is 11.2. The largest absolute Gasteiger partial charge is 0.495 e. The number of imide groups is 1.